The zero-order chi connectivity index (χ0) is 12.7. The molecule has 8 nitrogen and oxygen atoms in total. The van der Waals surface area contributed by atoms with Gasteiger partial charge in [0.15, 0.2) is 0 Å². The zero-order valence-electron chi connectivity index (χ0n) is 8.80. The highest BCUT2D eigenvalue weighted by Crippen LogP contribution is 2.13. The second-order valence-electron chi connectivity index (χ2n) is 3.56. The van der Waals surface area contributed by atoms with E-state index in [9.17, 15) is 20.0 Å². The van der Waals surface area contributed by atoms with Gasteiger partial charge in [-0.25, -0.2) is 0 Å². The molecule has 0 radical (unpaired) electrons. The Morgan fingerprint density at radius 2 is 1.56 bits per heavy atom. The van der Waals surface area contributed by atoms with Crippen molar-refractivity contribution in [3.05, 3.63) is 9.81 Å². The highest BCUT2D eigenvalue weighted by atomic mass is 16.3. The van der Waals surface area contributed by atoms with Crippen LogP contribution in [0.3, 0.4) is 0 Å². The molecular formula is C8H16N2O6. The van der Waals surface area contributed by atoms with Crippen LogP contribution in [0.2, 0.25) is 0 Å². The molecule has 16 heavy (non-hydrogen) atoms. The van der Waals surface area contributed by atoms with E-state index in [0.29, 0.717) is 0 Å². The van der Waals surface area contributed by atoms with Gasteiger partial charge in [-0.2, -0.15) is 9.81 Å². The van der Waals surface area contributed by atoms with E-state index in [1.165, 1.54) is 6.92 Å². The summed E-state index contributed by atoms with van der Waals surface area (Å²) in [6, 6.07) is -2.38. The highest BCUT2D eigenvalue weighted by molar-refractivity contribution is 4.85. The molecule has 0 aromatic heterocycles. The molecule has 5 unspecified atom stereocenters. The van der Waals surface area contributed by atoms with E-state index in [2.05, 4.69) is 10.4 Å². The van der Waals surface area contributed by atoms with Crippen LogP contribution in [-0.4, -0.2) is 57.4 Å². The molecule has 0 aliphatic carbocycles. The monoisotopic (exact) mass is 236 g/mol. The lowest BCUT2D eigenvalue weighted by molar-refractivity contribution is -0.00246. The van der Waals surface area contributed by atoms with Crippen LogP contribution < -0.4 is 0 Å². The average Bonchev–Trinajstić information content (AvgIpc) is 2.28. The first kappa shape index (κ1) is 15.0. The van der Waals surface area contributed by atoms with Gasteiger partial charge in [0, 0.05) is 6.42 Å². The fourth-order valence-corrected chi connectivity index (χ4v) is 1.16. The minimum absolute atomic E-state index is 0.333. The molecule has 94 valence electrons. The van der Waals surface area contributed by atoms with Crippen molar-refractivity contribution in [1.82, 2.24) is 0 Å². The maximum Gasteiger partial charge on any atom is 0.146 e. The van der Waals surface area contributed by atoms with Crippen molar-refractivity contribution >= 4 is 0 Å². The Hall–Kier alpha value is -0.960. The zero-order valence-corrected chi connectivity index (χ0v) is 8.80. The van der Waals surface area contributed by atoms with Crippen molar-refractivity contribution in [3.63, 3.8) is 0 Å². The molecule has 0 aromatic carbocycles. The van der Waals surface area contributed by atoms with Crippen LogP contribution in [-0.2, 0) is 0 Å². The third-order valence-corrected chi connectivity index (χ3v) is 2.30. The number of aliphatic hydroxyl groups is 4. The Morgan fingerprint density at radius 3 is 1.94 bits per heavy atom. The molecular weight excluding hydrogens is 220 g/mol. The van der Waals surface area contributed by atoms with Gasteiger partial charge in [0.2, 0.25) is 0 Å². The second-order valence-corrected chi connectivity index (χ2v) is 3.56. The van der Waals surface area contributed by atoms with Crippen LogP contribution in [0.5, 0.6) is 0 Å². The van der Waals surface area contributed by atoms with E-state index in [-0.39, 0.29) is 6.42 Å². The molecule has 8 heteroatoms. The first-order chi connectivity index (χ1) is 7.47. The van der Waals surface area contributed by atoms with Crippen LogP contribution in [0.15, 0.2) is 10.4 Å². The average molecular weight is 236 g/mol. The first-order valence-corrected chi connectivity index (χ1v) is 4.77. The van der Waals surface area contributed by atoms with Crippen LogP contribution in [0.4, 0.5) is 0 Å². The maximum absolute atomic E-state index is 10.3. The maximum atomic E-state index is 10.3. The molecule has 0 saturated heterocycles. The predicted octanol–water partition coefficient (Wildman–Crippen LogP) is -1.26. The van der Waals surface area contributed by atoms with Gasteiger partial charge < -0.3 is 20.4 Å². The molecule has 0 saturated carbocycles. The molecule has 0 aliphatic rings. The summed E-state index contributed by atoms with van der Waals surface area (Å²) in [6.07, 6.45) is -4.51. The summed E-state index contributed by atoms with van der Waals surface area (Å²) < 4.78 is 0. The van der Waals surface area contributed by atoms with E-state index >= 15 is 0 Å². The highest BCUT2D eigenvalue weighted by Gasteiger charge is 2.31. The lowest BCUT2D eigenvalue weighted by Crippen LogP contribution is -2.41. The van der Waals surface area contributed by atoms with E-state index in [0.717, 1.165) is 0 Å². The van der Waals surface area contributed by atoms with Crippen LogP contribution in [0.1, 0.15) is 13.3 Å². The number of nitrogens with zero attached hydrogens (tertiary/aromatic N) is 2. The summed E-state index contributed by atoms with van der Waals surface area (Å²) in [4.78, 5) is 20.4. The molecule has 0 aliphatic heterocycles. The van der Waals surface area contributed by atoms with E-state index in [1.807, 2.05) is 0 Å². The van der Waals surface area contributed by atoms with Crippen molar-refractivity contribution < 1.29 is 20.4 Å². The van der Waals surface area contributed by atoms with Crippen molar-refractivity contribution in [1.29, 1.82) is 0 Å². The van der Waals surface area contributed by atoms with Crippen molar-refractivity contribution in [2.75, 3.05) is 6.61 Å². The Morgan fingerprint density at radius 1 is 1.00 bits per heavy atom. The van der Waals surface area contributed by atoms with Gasteiger partial charge in [0.25, 0.3) is 0 Å². The normalized spacial score (nSPS) is 20.6. The lowest BCUT2D eigenvalue weighted by Gasteiger charge is -2.22. The third kappa shape index (κ3) is 4.27. The molecule has 0 bridgehead atoms. The number of hydrogen-bond donors (Lipinski definition) is 4. The Labute approximate surface area is 91.9 Å². The minimum Gasteiger partial charge on any atom is -0.394 e. The van der Waals surface area contributed by atoms with Gasteiger partial charge in [-0.3, -0.25) is 0 Å². The Bertz CT molecular complexity index is 227. The SMILES string of the molecule is CC(N=O)C(O)CC(O)C(N=O)C(O)CO. The number of hydrogen-bond acceptors (Lipinski definition) is 8. The summed E-state index contributed by atoms with van der Waals surface area (Å²) in [5.41, 5.74) is 0. The smallest absolute Gasteiger partial charge is 0.146 e. The lowest BCUT2D eigenvalue weighted by atomic mass is 9.98. The fourth-order valence-electron chi connectivity index (χ4n) is 1.16. The molecule has 4 N–H and O–H groups in total. The molecule has 0 aromatic rings. The van der Waals surface area contributed by atoms with Gasteiger partial charge in [0.05, 0.1) is 18.8 Å². The van der Waals surface area contributed by atoms with E-state index in [4.69, 9.17) is 10.2 Å². The molecule has 0 rings (SSSR count). The Balaban J connectivity index is 4.35. The van der Waals surface area contributed by atoms with Gasteiger partial charge in [-0.15, -0.1) is 0 Å². The Kier molecular flexibility index (Phi) is 6.90. The van der Waals surface area contributed by atoms with Crippen molar-refractivity contribution in [3.8, 4) is 0 Å². The quantitative estimate of drug-likeness (QED) is 0.388. The number of nitroso groups, excluding NO2 is 2. The standard InChI is InChI=1S/C8H16N2O6/c1-4(9-15)5(12)2-6(13)8(10-16)7(14)3-11/h4-8,11-14H,2-3H2,1H3. The molecule has 0 fully saturated rings. The molecule has 0 spiro atoms. The number of rotatable bonds is 8. The van der Waals surface area contributed by atoms with Crippen LogP contribution >= 0.6 is 0 Å². The molecule has 5 atom stereocenters. The minimum atomic E-state index is -1.50. The van der Waals surface area contributed by atoms with Gasteiger partial charge in [0.1, 0.15) is 18.2 Å². The van der Waals surface area contributed by atoms with Crippen LogP contribution in [0, 0.1) is 9.81 Å². The summed E-state index contributed by atoms with van der Waals surface area (Å²) in [7, 11) is 0. The predicted molar refractivity (Wildman–Crippen MR) is 54.6 cm³/mol. The summed E-state index contributed by atoms with van der Waals surface area (Å²) in [6.45, 7) is 0.612. The largest absolute Gasteiger partial charge is 0.394 e. The van der Waals surface area contributed by atoms with E-state index < -0.39 is 37.0 Å². The van der Waals surface area contributed by atoms with Crippen molar-refractivity contribution in [2.24, 2.45) is 10.4 Å². The summed E-state index contributed by atoms with van der Waals surface area (Å²) in [5.74, 6) is 0. The first-order valence-electron chi connectivity index (χ1n) is 4.77. The van der Waals surface area contributed by atoms with Gasteiger partial charge in [-0.05, 0) is 6.92 Å². The third-order valence-electron chi connectivity index (χ3n) is 2.30. The van der Waals surface area contributed by atoms with E-state index in [1.54, 1.807) is 0 Å². The molecule has 0 amide bonds. The van der Waals surface area contributed by atoms with Crippen LogP contribution in [0.25, 0.3) is 0 Å². The summed E-state index contributed by atoms with van der Waals surface area (Å²) in [5, 5.41) is 41.5. The molecule has 0 heterocycles. The van der Waals surface area contributed by atoms with Gasteiger partial charge in [-0.1, -0.05) is 10.4 Å². The fraction of sp³-hybridized carbons (Fsp3) is 1.00. The summed E-state index contributed by atoms with van der Waals surface area (Å²) >= 11 is 0. The number of aliphatic hydroxyl groups excluding tert-OH is 4. The van der Waals surface area contributed by atoms with Gasteiger partial charge >= 0.3 is 0 Å². The second kappa shape index (κ2) is 7.34. The van der Waals surface area contributed by atoms with Crippen molar-refractivity contribution in [2.45, 2.75) is 43.7 Å². The topological polar surface area (TPSA) is 140 Å².